The molecule has 0 fully saturated rings. The van der Waals surface area contributed by atoms with E-state index in [1.807, 2.05) is 20.2 Å². The Morgan fingerprint density at radius 1 is 1.09 bits per heavy atom. The standard InChI is InChI=1S/C14H10F2N6S/c1-7-10(6-21(2)19-7)13-20-22-12(17-18-14(22)23-13)9-5-8(15)3-4-11(9)16/h3-6H,1-2H3. The first-order chi connectivity index (χ1) is 11.0. The smallest absolute Gasteiger partial charge is 0.235 e. The largest absolute Gasteiger partial charge is 0.275 e. The summed E-state index contributed by atoms with van der Waals surface area (Å²) >= 11 is 1.31. The maximum Gasteiger partial charge on any atom is 0.235 e. The Morgan fingerprint density at radius 2 is 1.91 bits per heavy atom. The second kappa shape index (κ2) is 4.92. The molecule has 0 atom stereocenters. The molecule has 0 spiro atoms. The molecule has 23 heavy (non-hydrogen) atoms. The molecular formula is C14H10F2N6S. The topological polar surface area (TPSA) is 60.9 Å². The molecule has 4 aromatic rings. The van der Waals surface area contributed by atoms with Crippen LogP contribution in [0.3, 0.4) is 0 Å². The molecule has 0 bridgehead atoms. The highest BCUT2D eigenvalue weighted by Crippen LogP contribution is 2.30. The van der Waals surface area contributed by atoms with E-state index in [9.17, 15) is 8.78 Å². The molecule has 9 heteroatoms. The lowest BCUT2D eigenvalue weighted by Gasteiger charge is -1.99. The van der Waals surface area contributed by atoms with Crippen LogP contribution in [0.4, 0.5) is 8.78 Å². The van der Waals surface area contributed by atoms with E-state index in [1.54, 1.807) is 4.68 Å². The average Bonchev–Trinajstić information content (AvgIpc) is 3.15. The lowest BCUT2D eigenvalue weighted by atomic mass is 10.2. The van der Waals surface area contributed by atoms with Gasteiger partial charge in [0, 0.05) is 13.2 Å². The minimum atomic E-state index is -0.576. The molecule has 4 rings (SSSR count). The molecular weight excluding hydrogens is 322 g/mol. The van der Waals surface area contributed by atoms with Crippen LogP contribution >= 0.6 is 11.3 Å². The van der Waals surface area contributed by atoms with E-state index >= 15 is 0 Å². The Morgan fingerprint density at radius 3 is 2.65 bits per heavy atom. The molecule has 0 aliphatic rings. The molecule has 3 heterocycles. The number of nitrogens with zero attached hydrogens (tertiary/aromatic N) is 6. The van der Waals surface area contributed by atoms with E-state index in [-0.39, 0.29) is 11.4 Å². The predicted octanol–water partition coefficient (Wildman–Crippen LogP) is 2.84. The zero-order valence-corrected chi connectivity index (χ0v) is 13.0. The van der Waals surface area contributed by atoms with Crippen LogP contribution in [0.15, 0.2) is 24.4 Å². The van der Waals surface area contributed by atoms with Gasteiger partial charge in [0.05, 0.1) is 16.8 Å². The molecule has 1 aromatic carbocycles. The van der Waals surface area contributed by atoms with Gasteiger partial charge in [0.25, 0.3) is 0 Å². The highest BCUT2D eigenvalue weighted by Gasteiger charge is 2.19. The molecule has 0 unspecified atom stereocenters. The Balaban J connectivity index is 1.90. The van der Waals surface area contributed by atoms with E-state index in [1.165, 1.54) is 15.9 Å². The van der Waals surface area contributed by atoms with Gasteiger partial charge in [-0.2, -0.15) is 14.7 Å². The molecule has 0 aliphatic heterocycles. The number of hydrogen-bond donors (Lipinski definition) is 0. The van der Waals surface area contributed by atoms with Gasteiger partial charge in [-0.1, -0.05) is 11.3 Å². The lowest BCUT2D eigenvalue weighted by Crippen LogP contribution is -1.94. The van der Waals surface area contributed by atoms with Crippen LogP contribution < -0.4 is 0 Å². The molecule has 0 saturated carbocycles. The monoisotopic (exact) mass is 332 g/mol. The van der Waals surface area contributed by atoms with Gasteiger partial charge in [-0.3, -0.25) is 4.68 Å². The van der Waals surface area contributed by atoms with Crippen molar-refractivity contribution >= 4 is 16.3 Å². The van der Waals surface area contributed by atoms with Gasteiger partial charge in [0.1, 0.15) is 11.6 Å². The predicted molar refractivity (Wildman–Crippen MR) is 81.0 cm³/mol. The van der Waals surface area contributed by atoms with Crippen molar-refractivity contribution in [3.05, 3.63) is 41.7 Å². The Kier molecular flexibility index (Phi) is 2.98. The number of benzene rings is 1. The summed E-state index contributed by atoms with van der Waals surface area (Å²) in [6, 6.07) is 3.20. The number of fused-ring (bicyclic) bond motifs is 1. The van der Waals surface area contributed by atoms with Crippen molar-refractivity contribution in [1.29, 1.82) is 0 Å². The zero-order valence-electron chi connectivity index (χ0n) is 12.2. The summed E-state index contributed by atoms with van der Waals surface area (Å²) in [4.78, 5) is 0.502. The molecule has 0 saturated heterocycles. The third-order valence-electron chi connectivity index (χ3n) is 3.40. The second-order valence-corrected chi connectivity index (χ2v) is 6.01. The second-order valence-electron chi connectivity index (χ2n) is 5.05. The van der Waals surface area contributed by atoms with Gasteiger partial charge in [-0.15, -0.1) is 10.2 Å². The van der Waals surface area contributed by atoms with Crippen molar-refractivity contribution in [2.24, 2.45) is 7.05 Å². The molecule has 0 aliphatic carbocycles. The third-order valence-corrected chi connectivity index (χ3v) is 4.34. The van der Waals surface area contributed by atoms with Crippen molar-refractivity contribution in [2.75, 3.05) is 0 Å². The number of aryl methyl sites for hydroxylation is 2. The van der Waals surface area contributed by atoms with Gasteiger partial charge in [0.15, 0.2) is 10.8 Å². The fourth-order valence-corrected chi connectivity index (χ4v) is 3.27. The van der Waals surface area contributed by atoms with E-state index in [0.29, 0.717) is 9.97 Å². The molecule has 3 aromatic heterocycles. The number of aromatic nitrogens is 6. The van der Waals surface area contributed by atoms with E-state index < -0.39 is 11.6 Å². The maximum absolute atomic E-state index is 14.0. The molecule has 0 amide bonds. The minimum Gasteiger partial charge on any atom is -0.275 e. The fraction of sp³-hybridized carbons (Fsp3) is 0.143. The highest BCUT2D eigenvalue weighted by atomic mass is 32.1. The van der Waals surface area contributed by atoms with Crippen molar-refractivity contribution in [3.63, 3.8) is 0 Å². The summed E-state index contributed by atoms with van der Waals surface area (Å²) < 4.78 is 30.5. The lowest BCUT2D eigenvalue weighted by molar-refractivity contribution is 0.601. The van der Waals surface area contributed by atoms with Crippen molar-refractivity contribution in [2.45, 2.75) is 6.92 Å². The number of rotatable bonds is 2. The molecule has 6 nitrogen and oxygen atoms in total. The van der Waals surface area contributed by atoms with Crippen molar-refractivity contribution < 1.29 is 8.78 Å². The summed E-state index contributed by atoms with van der Waals surface area (Å²) in [7, 11) is 1.82. The van der Waals surface area contributed by atoms with Gasteiger partial charge in [-0.25, -0.2) is 8.78 Å². The average molecular weight is 332 g/mol. The first-order valence-electron chi connectivity index (χ1n) is 6.71. The molecule has 0 radical (unpaired) electrons. The number of hydrogen-bond acceptors (Lipinski definition) is 5. The van der Waals surface area contributed by atoms with E-state index in [4.69, 9.17) is 0 Å². The zero-order chi connectivity index (χ0) is 16.1. The van der Waals surface area contributed by atoms with Gasteiger partial charge in [0.2, 0.25) is 4.96 Å². The van der Waals surface area contributed by atoms with Crippen LogP contribution in [-0.2, 0) is 7.05 Å². The normalized spacial score (nSPS) is 11.5. The molecule has 0 N–H and O–H groups in total. The minimum absolute atomic E-state index is 0.0252. The maximum atomic E-state index is 14.0. The summed E-state index contributed by atoms with van der Waals surface area (Å²) in [6.07, 6.45) is 1.85. The van der Waals surface area contributed by atoms with Crippen LogP contribution in [0.25, 0.3) is 26.9 Å². The van der Waals surface area contributed by atoms with Crippen molar-refractivity contribution in [1.82, 2.24) is 29.6 Å². The number of halogens is 2. The van der Waals surface area contributed by atoms with Crippen molar-refractivity contribution in [3.8, 4) is 22.0 Å². The quantitative estimate of drug-likeness (QED) is 0.566. The third kappa shape index (κ3) is 2.20. The van der Waals surface area contributed by atoms with Crippen LogP contribution in [0, 0.1) is 18.6 Å². The van der Waals surface area contributed by atoms with Crippen LogP contribution in [0.2, 0.25) is 0 Å². The summed E-state index contributed by atoms with van der Waals surface area (Å²) in [6.45, 7) is 1.88. The Bertz CT molecular complexity index is 1030. The van der Waals surface area contributed by atoms with Gasteiger partial charge in [-0.05, 0) is 25.1 Å². The fourth-order valence-electron chi connectivity index (χ4n) is 2.37. The van der Waals surface area contributed by atoms with Crippen LogP contribution in [-0.4, -0.2) is 29.6 Å². The first kappa shape index (κ1) is 13.9. The van der Waals surface area contributed by atoms with Crippen LogP contribution in [0.5, 0.6) is 0 Å². The summed E-state index contributed by atoms with van der Waals surface area (Å²) in [5.41, 5.74) is 1.72. The van der Waals surface area contributed by atoms with Crippen LogP contribution in [0.1, 0.15) is 5.69 Å². The van der Waals surface area contributed by atoms with E-state index in [0.717, 1.165) is 29.5 Å². The summed E-state index contributed by atoms with van der Waals surface area (Å²) in [5.74, 6) is -0.953. The van der Waals surface area contributed by atoms with Gasteiger partial charge < -0.3 is 0 Å². The Hall–Kier alpha value is -2.68. The molecule has 116 valence electrons. The SMILES string of the molecule is Cc1nn(C)cc1-c1nn2c(-c3cc(F)ccc3F)nnc2s1. The first-order valence-corrected chi connectivity index (χ1v) is 7.53. The summed E-state index contributed by atoms with van der Waals surface area (Å²) in [5, 5.41) is 17.3. The Labute approximate surface area is 133 Å². The van der Waals surface area contributed by atoms with Gasteiger partial charge >= 0.3 is 0 Å². The highest BCUT2D eigenvalue weighted by molar-refractivity contribution is 7.19. The van der Waals surface area contributed by atoms with E-state index in [2.05, 4.69) is 20.4 Å².